The Hall–Kier alpha value is -0.570. The average Bonchev–Trinajstić information content (AvgIpc) is 2.38. The van der Waals surface area contributed by atoms with Crippen LogP contribution < -0.4 is 5.32 Å². The van der Waals surface area contributed by atoms with Crippen molar-refractivity contribution in [3.05, 3.63) is 0 Å². The molecule has 0 aromatic carbocycles. The van der Waals surface area contributed by atoms with Crippen LogP contribution in [0.25, 0.3) is 0 Å². The predicted molar refractivity (Wildman–Crippen MR) is 74.4 cm³/mol. The van der Waals surface area contributed by atoms with Crippen LogP contribution >= 0.6 is 0 Å². The van der Waals surface area contributed by atoms with E-state index < -0.39 is 0 Å². The van der Waals surface area contributed by atoms with E-state index in [1.54, 1.807) is 0 Å². The van der Waals surface area contributed by atoms with E-state index >= 15 is 0 Å². The van der Waals surface area contributed by atoms with Crippen LogP contribution in [0.4, 0.5) is 0 Å². The van der Waals surface area contributed by atoms with Gasteiger partial charge in [0.25, 0.3) is 0 Å². The van der Waals surface area contributed by atoms with Crippen molar-refractivity contribution >= 4 is 5.91 Å². The molecular weight excluding hydrogens is 224 g/mol. The maximum absolute atomic E-state index is 12.4. The number of hydrogen-bond donors (Lipinski definition) is 1. The molecule has 2 heterocycles. The quantitative estimate of drug-likeness (QED) is 0.776. The van der Waals surface area contributed by atoms with Crippen molar-refractivity contribution in [1.29, 1.82) is 0 Å². The lowest BCUT2D eigenvalue weighted by Crippen LogP contribution is -2.47. The number of hydrogen-bond acceptors (Lipinski definition) is 2. The minimum absolute atomic E-state index is 0.241. The highest BCUT2D eigenvalue weighted by molar-refractivity contribution is 5.79. The third kappa shape index (κ3) is 3.25. The Labute approximate surface area is 111 Å². The van der Waals surface area contributed by atoms with Crippen LogP contribution in [-0.2, 0) is 4.79 Å². The molecule has 3 heteroatoms. The van der Waals surface area contributed by atoms with Gasteiger partial charge in [0.2, 0.25) is 5.91 Å². The van der Waals surface area contributed by atoms with E-state index in [1.165, 1.54) is 12.8 Å². The first-order chi connectivity index (χ1) is 8.48. The molecule has 1 N–H and O–H groups in total. The van der Waals surface area contributed by atoms with Gasteiger partial charge in [-0.15, -0.1) is 0 Å². The highest BCUT2D eigenvalue weighted by atomic mass is 16.2. The van der Waals surface area contributed by atoms with E-state index in [4.69, 9.17) is 0 Å². The fraction of sp³-hybridized carbons (Fsp3) is 0.933. The molecule has 0 aromatic rings. The van der Waals surface area contributed by atoms with E-state index in [0.717, 1.165) is 44.9 Å². The zero-order valence-electron chi connectivity index (χ0n) is 12.2. The van der Waals surface area contributed by atoms with Crippen LogP contribution in [-0.4, -0.2) is 37.0 Å². The molecule has 1 atom stereocenters. The van der Waals surface area contributed by atoms with Crippen molar-refractivity contribution in [2.24, 2.45) is 17.3 Å². The molecule has 0 aromatic heterocycles. The Kier molecular flexibility index (Phi) is 4.31. The van der Waals surface area contributed by atoms with Crippen LogP contribution in [0.15, 0.2) is 0 Å². The Morgan fingerprint density at radius 2 is 1.83 bits per heavy atom. The molecule has 0 aliphatic carbocycles. The lowest BCUT2D eigenvalue weighted by molar-refractivity contribution is -0.138. The number of likely N-dealkylation sites (tertiary alicyclic amines) is 1. The maximum atomic E-state index is 12.4. The van der Waals surface area contributed by atoms with E-state index in [1.807, 2.05) is 0 Å². The van der Waals surface area contributed by atoms with Gasteiger partial charge >= 0.3 is 0 Å². The summed E-state index contributed by atoms with van der Waals surface area (Å²) in [6, 6.07) is 0. The maximum Gasteiger partial charge on any atom is 0.226 e. The number of nitrogens with one attached hydrogen (secondary N) is 1. The fourth-order valence-corrected chi connectivity index (χ4v) is 3.29. The van der Waals surface area contributed by atoms with E-state index in [-0.39, 0.29) is 5.92 Å². The smallest absolute Gasteiger partial charge is 0.226 e. The number of carbonyl (C=O) groups is 1. The number of nitrogens with zero attached hydrogens (tertiary/aromatic N) is 1. The van der Waals surface area contributed by atoms with Gasteiger partial charge in [0.05, 0.1) is 5.92 Å². The third-order valence-corrected chi connectivity index (χ3v) is 4.68. The number of piperidine rings is 2. The van der Waals surface area contributed by atoms with Crippen LogP contribution in [0.2, 0.25) is 0 Å². The molecule has 2 aliphatic heterocycles. The minimum Gasteiger partial charge on any atom is -0.342 e. The Morgan fingerprint density at radius 3 is 2.33 bits per heavy atom. The average molecular weight is 252 g/mol. The standard InChI is InChI=1S/C15H28N2O/c1-15(2,3)13-6-9-17(10-7-13)14(18)12-5-4-8-16-11-12/h12-13,16H,4-11H2,1-3H3/t12-/m1/s1. The van der Waals surface area contributed by atoms with Crippen LogP contribution in [0.1, 0.15) is 46.5 Å². The summed E-state index contributed by atoms with van der Waals surface area (Å²) in [5.41, 5.74) is 0.390. The second-order valence-corrected chi connectivity index (χ2v) is 7.01. The van der Waals surface area contributed by atoms with Crippen molar-refractivity contribution < 1.29 is 4.79 Å². The van der Waals surface area contributed by atoms with Crippen LogP contribution in [0.3, 0.4) is 0 Å². The van der Waals surface area contributed by atoms with Crippen molar-refractivity contribution in [2.45, 2.75) is 46.5 Å². The van der Waals surface area contributed by atoms with Crippen LogP contribution in [0.5, 0.6) is 0 Å². The highest BCUT2D eigenvalue weighted by Gasteiger charge is 2.32. The largest absolute Gasteiger partial charge is 0.342 e. The third-order valence-electron chi connectivity index (χ3n) is 4.68. The van der Waals surface area contributed by atoms with Crippen molar-refractivity contribution in [3.63, 3.8) is 0 Å². The summed E-state index contributed by atoms with van der Waals surface area (Å²) < 4.78 is 0. The first-order valence-electron chi connectivity index (χ1n) is 7.48. The number of carbonyl (C=O) groups excluding carboxylic acids is 1. The van der Waals surface area contributed by atoms with Gasteiger partial charge in [-0.1, -0.05) is 20.8 Å². The van der Waals surface area contributed by atoms with E-state index in [2.05, 4.69) is 31.0 Å². The SMILES string of the molecule is CC(C)(C)C1CCN(C(=O)[C@@H]2CCCNC2)CC1. The van der Waals surface area contributed by atoms with Gasteiger partial charge in [0.1, 0.15) is 0 Å². The lowest BCUT2D eigenvalue weighted by atomic mass is 9.75. The zero-order valence-corrected chi connectivity index (χ0v) is 12.2. The molecule has 2 aliphatic rings. The number of amides is 1. The first-order valence-corrected chi connectivity index (χ1v) is 7.48. The van der Waals surface area contributed by atoms with Crippen molar-refractivity contribution in [1.82, 2.24) is 10.2 Å². The first kappa shape index (κ1) is 13.9. The molecule has 2 saturated heterocycles. The molecule has 2 fully saturated rings. The van der Waals surface area contributed by atoms with Gasteiger partial charge in [0, 0.05) is 19.6 Å². The summed E-state index contributed by atoms with van der Waals surface area (Å²) in [7, 11) is 0. The predicted octanol–water partition coefficient (Wildman–Crippen LogP) is 2.27. The fourth-order valence-electron chi connectivity index (χ4n) is 3.29. The summed E-state index contributed by atoms with van der Waals surface area (Å²) >= 11 is 0. The molecular formula is C15H28N2O. The monoisotopic (exact) mass is 252 g/mol. The van der Waals surface area contributed by atoms with Gasteiger partial charge in [-0.05, 0) is 43.6 Å². The minimum atomic E-state index is 0.241. The van der Waals surface area contributed by atoms with Gasteiger partial charge in [0.15, 0.2) is 0 Å². The number of rotatable bonds is 1. The van der Waals surface area contributed by atoms with Gasteiger partial charge in [-0.3, -0.25) is 4.79 Å². The summed E-state index contributed by atoms with van der Waals surface area (Å²) in [4.78, 5) is 14.5. The molecule has 0 unspecified atom stereocenters. The van der Waals surface area contributed by atoms with E-state index in [0.29, 0.717) is 11.3 Å². The molecule has 0 spiro atoms. The Morgan fingerprint density at radius 1 is 1.17 bits per heavy atom. The molecule has 0 bridgehead atoms. The highest BCUT2D eigenvalue weighted by Crippen LogP contribution is 2.34. The van der Waals surface area contributed by atoms with Crippen LogP contribution in [0, 0.1) is 17.3 Å². The topological polar surface area (TPSA) is 32.3 Å². The van der Waals surface area contributed by atoms with E-state index in [9.17, 15) is 4.79 Å². The second kappa shape index (κ2) is 5.60. The summed E-state index contributed by atoms with van der Waals surface area (Å²) in [6.45, 7) is 10.9. The molecule has 1 amide bonds. The molecule has 18 heavy (non-hydrogen) atoms. The van der Waals surface area contributed by atoms with Gasteiger partial charge < -0.3 is 10.2 Å². The van der Waals surface area contributed by atoms with Gasteiger partial charge in [-0.25, -0.2) is 0 Å². The van der Waals surface area contributed by atoms with Crippen molar-refractivity contribution in [2.75, 3.05) is 26.2 Å². The molecule has 0 radical (unpaired) electrons. The normalized spacial score (nSPS) is 27.3. The van der Waals surface area contributed by atoms with Crippen molar-refractivity contribution in [3.8, 4) is 0 Å². The Bertz CT molecular complexity index is 281. The molecule has 2 rings (SSSR count). The van der Waals surface area contributed by atoms with Gasteiger partial charge in [-0.2, -0.15) is 0 Å². The Balaban J connectivity index is 1.83. The summed E-state index contributed by atoms with van der Waals surface area (Å²) in [6.07, 6.45) is 4.57. The molecule has 104 valence electrons. The lowest BCUT2D eigenvalue weighted by Gasteiger charge is -2.40. The second-order valence-electron chi connectivity index (χ2n) is 7.01. The zero-order chi connectivity index (χ0) is 13.2. The molecule has 3 nitrogen and oxygen atoms in total. The summed E-state index contributed by atoms with van der Waals surface area (Å²) in [5.74, 6) is 1.41. The summed E-state index contributed by atoms with van der Waals surface area (Å²) in [5, 5.41) is 3.34. The molecule has 0 saturated carbocycles.